The zero-order chi connectivity index (χ0) is 26.1. The summed E-state index contributed by atoms with van der Waals surface area (Å²) >= 11 is 0. The molecule has 0 spiro atoms. The van der Waals surface area contributed by atoms with Crippen molar-refractivity contribution in [3.05, 3.63) is 77.1 Å². The number of carbonyl (C=O) groups is 1. The molecule has 0 bridgehead atoms. The average Bonchev–Trinajstić information content (AvgIpc) is 3.20. The molecular formula is C26H26F4N4O2. The molecule has 4 rings (SSSR count). The molecule has 0 fully saturated rings. The van der Waals surface area contributed by atoms with Gasteiger partial charge in [0, 0.05) is 43.8 Å². The lowest BCUT2D eigenvalue weighted by molar-refractivity contribution is -0.132. The van der Waals surface area contributed by atoms with Crippen molar-refractivity contribution in [3.63, 3.8) is 0 Å². The minimum Gasteiger partial charge on any atom is -0.487 e. The normalized spacial score (nSPS) is 18.7. The van der Waals surface area contributed by atoms with E-state index < -0.39 is 30.6 Å². The van der Waals surface area contributed by atoms with E-state index in [4.69, 9.17) is 4.74 Å². The summed E-state index contributed by atoms with van der Waals surface area (Å²) in [6, 6.07) is 11.0. The fourth-order valence-corrected chi connectivity index (χ4v) is 4.38. The highest BCUT2D eigenvalue weighted by Crippen LogP contribution is 2.34. The molecule has 1 unspecified atom stereocenters. The minimum atomic E-state index is -4.33. The van der Waals surface area contributed by atoms with E-state index >= 15 is 0 Å². The number of hydrogen-bond acceptors (Lipinski definition) is 4. The summed E-state index contributed by atoms with van der Waals surface area (Å²) in [5, 5.41) is 2.60. The van der Waals surface area contributed by atoms with Crippen LogP contribution in [0.25, 0.3) is 5.69 Å². The predicted molar refractivity (Wildman–Crippen MR) is 128 cm³/mol. The Bertz CT molecular complexity index is 1320. The molecule has 1 heterocycles. The van der Waals surface area contributed by atoms with Gasteiger partial charge in [0.25, 0.3) is 5.91 Å². The molecule has 0 saturated carbocycles. The van der Waals surface area contributed by atoms with Crippen LogP contribution in [0.3, 0.4) is 0 Å². The monoisotopic (exact) mass is 502 g/mol. The van der Waals surface area contributed by atoms with Crippen molar-refractivity contribution in [1.29, 1.82) is 0 Å². The molecule has 36 heavy (non-hydrogen) atoms. The highest BCUT2D eigenvalue weighted by Gasteiger charge is 2.39. The second-order valence-corrected chi connectivity index (χ2v) is 9.04. The van der Waals surface area contributed by atoms with Crippen molar-refractivity contribution < 1.29 is 27.1 Å². The summed E-state index contributed by atoms with van der Waals surface area (Å²) in [6.45, 7) is 3.21. The molecule has 10 heteroatoms. The highest BCUT2D eigenvalue weighted by atomic mass is 19.4. The molecule has 190 valence electrons. The third-order valence-corrected chi connectivity index (χ3v) is 6.04. The molecule has 1 aliphatic carbocycles. The summed E-state index contributed by atoms with van der Waals surface area (Å²) < 4.78 is 60.1. The first kappa shape index (κ1) is 25.4. The van der Waals surface area contributed by atoms with Gasteiger partial charge in [-0.1, -0.05) is 6.07 Å². The van der Waals surface area contributed by atoms with Gasteiger partial charge in [-0.25, -0.2) is 9.37 Å². The van der Waals surface area contributed by atoms with Gasteiger partial charge in [-0.05, 0) is 49.7 Å². The maximum Gasteiger partial charge on any atom is 0.390 e. The van der Waals surface area contributed by atoms with Crippen molar-refractivity contribution in [2.75, 3.05) is 13.6 Å². The SMILES string of the molecule is CNC(=O)c1ccc(-n2cnc3c2CC(C)(Oc2cccc(F)c2)CC3=NCCC(F)(F)F)cc1C. The number of carbonyl (C=O) groups excluding carboxylic acids is 1. The summed E-state index contributed by atoms with van der Waals surface area (Å²) in [4.78, 5) is 20.8. The number of alkyl halides is 3. The summed E-state index contributed by atoms with van der Waals surface area (Å²) in [6.07, 6.45) is -3.22. The molecule has 1 N–H and O–H groups in total. The van der Waals surface area contributed by atoms with E-state index in [0.717, 1.165) is 11.3 Å². The second-order valence-electron chi connectivity index (χ2n) is 9.04. The Morgan fingerprint density at radius 2 is 2.00 bits per heavy atom. The quantitative estimate of drug-likeness (QED) is 0.471. The summed E-state index contributed by atoms with van der Waals surface area (Å²) in [5.74, 6) is -0.349. The number of nitrogens with one attached hydrogen (secondary N) is 1. The number of fused-ring (bicyclic) bond motifs is 1. The first-order chi connectivity index (χ1) is 17.0. The highest BCUT2D eigenvalue weighted by molar-refractivity contribution is 6.02. The largest absolute Gasteiger partial charge is 0.487 e. The van der Waals surface area contributed by atoms with Gasteiger partial charge in [0.1, 0.15) is 29.2 Å². The van der Waals surface area contributed by atoms with Gasteiger partial charge in [-0.15, -0.1) is 0 Å². The number of amides is 1. The van der Waals surface area contributed by atoms with Gasteiger partial charge in [-0.2, -0.15) is 13.2 Å². The first-order valence-electron chi connectivity index (χ1n) is 11.4. The average molecular weight is 503 g/mol. The van der Waals surface area contributed by atoms with Crippen LogP contribution in [0.2, 0.25) is 0 Å². The summed E-state index contributed by atoms with van der Waals surface area (Å²) in [7, 11) is 1.56. The molecule has 1 aliphatic rings. The topological polar surface area (TPSA) is 68.5 Å². The zero-order valence-electron chi connectivity index (χ0n) is 20.1. The van der Waals surface area contributed by atoms with Crippen molar-refractivity contribution in [1.82, 2.24) is 14.9 Å². The molecule has 0 aliphatic heterocycles. The lowest BCUT2D eigenvalue weighted by Crippen LogP contribution is -2.42. The Kier molecular flexibility index (Phi) is 6.88. The van der Waals surface area contributed by atoms with Crippen LogP contribution >= 0.6 is 0 Å². The van der Waals surface area contributed by atoms with Crippen molar-refractivity contribution >= 4 is 11.6 Å². The lowest BCUT2D eigenvalue weighted by Gasteiger charge is -2.35. The van der Waals surface area contributed by atoms with E-state index in [1.54, 1.807) is 31.6 Å². The van der Waals surface area contributed by atoms with Crippen LogP contribution in [0.4, 0.5) is 17.6 Å². The molecule has 0 radical (unpaired) electrons. The van der Waals surface area contributed by atoms with Gasteiger partial charge >= 0.3 is 6.18 Å². The fraction of sp³-hybridized carbons (Fsp3) is 0.346. The van der Waals surface area contributed by atoms with Crippen LogP contribution in [0.5, 0.6) is 5.75 Å². The third-order valence-electron chi connectivity index (χ3n) is 6.04. The number of aliphatic imine (C=N–C) groups is 1. The molecule has 2 aromatic carbocycles. The second kappa shape index (κ2) is 9.75. The van der Waals surface area contributed by atoms with Crippen LogP contribution in [0, 0.1) is 12.7 Å². The van der Waals surface area contributed by atoms with Crippen LogP contribution in [0.15, 0.2) is 53.8 Å². The van der Waals surface area contributed by atoms with Gasteiger partial charge in [0.2, 0.25) is 0 Å². The van der Waals surface area contributed by atoms with E-state index in [1.807, 2.05) is 24.5 Å². The number of hydrogen-bond donors (Lipinski definition) is 1. The summed E-state index contributed by atoms with van der Waals surface area (Å²) in [5.41, 5.74) is 2.72. The predicted octanol–water partition coefficient (Wildman–Crippen LogP) is 5.20. The number of rotatable bonds is 6. The van der Waals surface area contributed by atoms with E-state index in [-0.39, 0.29) is 12.3 Å². The number of ether oxygens (including phenoxy) is 1. The molecular weight excluding hydrogens is 476 g/mol. The van der Waals surface area contributed by atoms with Crippen LogP contribution in [-0.2, 0) is 6.42 Å². The number of aryl methyl sites for hydroxylation is 1. The number of aromatic nitrogens is 2. The minimum absolute atomic E-state index is 0.207. The fourth-order valence-electron chi connectivity index (χ4n) is 4.38. The van der Waals surface area contributed by atoms with E-state index in [0.29, 0.717) is 34.8 Å². The zero-order valence-corrected chi connectivity index (χ0v) is 20.1. The van der Waals surface area contributed by atoms with Crippen LogP contribution in [-0.4, -0.2) is 46.5 Å². The molecule has 1 atom stereocenters. The Balaban J connectivity index is 1.74. The molecule has 1 aromatic heterocycles. The smallest absolute Gasteiger partial charge is 0.390 e. The third kappa shape index (κ3) is 5.58. The van der Waals surface area contributed by atoms with Gasteiger partial charge < -0.3 is 14.6 Å². The van der Waals surface area contributed by atoms with Gasteiger partial charge in [-0.3, -0.25) is 9.79 Å². The molecule has 0 saturated heterocycles. The Hall–Kier alpha value is -3.69. The first-order valence-corrected chi connectivity index (χ1v) is 11.4. The van der Waals surface area contributed by atoms with Gasteiger partial charge in [0.15, 0.2) is 0 Å². The number of benzene rings is 2. The molecule has 3 aromatic rings. The Labute approximate surface area is 206 Å². The maximum atomic E-state index is 13.8. The van der Waals surface area contributed by atoms with Gasteiger partial charge in [0.05, 0.1) is 17.8 Å². The standard InChI is InChI=1S/C26H26F4N4O2/c1-16-11-18(7-8-20(16)24(35)31-3)34-15-33-23-21(32-10-9-26(28,29)30)13-25(2,14-22(23)34)36-19-6-4-5-17(27)12-19/h4-8,11-12,15H,9-10,13-14H2,1-3H3,(H,31,35). The van der Waals surface area contributed by atoms with Crippen LogP contribution < -0.4 is 10.1 Å². The number of imidazole rings is 1. The van der Waals surface area contributed by atoms with E-state index in [1.165, 1.54) is 18.2 Å². The van der Waals surface area contributed by atoms with Crippen molar-refractivity contribution in [2.24, 2.45) is 4.99 Å². The maximum absolute atomic E-state index is 13.8. The number of nitrogens with zero attached hydrogens (tertiary/aromatic N) is 3. The Morgan fingerprint density at radius 3 is 2.67 bits per heavy atom. The van der Waals surface area contributed by atoms with E-state index in [9.17, 15) is 22.4 Å². The van der Waals surface area contributed by atoms with E-state index in [2.05, 4.69) is 15.3 Å². The number of halogens is 4. The lowest BCUT2D eigenvalue weighted by atomic mass is 9.85. The van der Waals surface area contributed by atoms with Crippen LogP contribution in [0.1, 0.15) is 47.1 Å². The van der Waals surface area contributed by atoms with Crippen molar-refractivity contribution in [2.45, 2.75) is 44.9 Å². The van der Waals surface area contributed by atoms with Crippen molar-refractivity contribution in [3.8, 4) is 11.4 Å². The molecule has 1 amide bonds. The molecule has 6 nitrogen and oxygen atoms in total. The Morgan fingerprint density at radius 1 is 1.22 bits per heavy atom.